The highest BCUT2D eigenvalue weighted by molar-refractivity contribution is 5.89. The molecule has 7 nitrogen and oxygen atoms in total. The Morgan fingerprint density at radius 2 is 2.04 bits per heavy atom. The highest BCUT2D eigenvalue weighted by Gasteiger charge is 2.21. The Balaban J connectivity index is 1.87. The lowest BCUT2D eigenvalue weighted by molar-refractivity contribution is 0.0600. The predicted octanol–water partition coefficient (Wildman–Crippen LogP) is 2.74. The quantitative estimate of drug-likeness (QED) is 0.741. The van der Waals surface area contributed by atoms with Gasteiger partial charge in [0.1, 0.15) is 5.82 Å². The Bertz CT molecular complexity index is 854. The summed E-state index contributed by atoms with van der Waals surface area (Å²) in [6.45, 7) is 7.64. The topological polar surface area (TPSA) is 87.6 Å². The van der Waals surface area contributed by atoms with Crippen LogP contribution in [0.1, 0.15) is 53.9 Å². The van der Waals surface area contributed by atoms with Crippen molar-refractivity contribution >= 4 is 17.7 Å². The van der Waals surface area contributed by atoms with Gasteiger partial charge in [-0.15, -0.1) is 0 Å². The van der Waals surface area contributed by atoms with E-state index in [0.717, 1.165) is 31.0 Å². The minimum Gasteiger partial charge on any atom is -0.465 e. The highest BCUT2D eigenvalue weighted by Crippen LogP contribution is 2.27. The monoisotopic (exact) mass is 384 g/mol. The van der Waals surface area contributed by atoms with E-state index in [1.807, 2.05) is 31.2 Å². The van der Waals surface area contributed by atoms with Crippen molar-refractivity contribution in [3.63, 3.8) is 0 Å². The third kappa shape index (κ3) is 4.42. The molecule has 0 amide bonds. The standard InChI is InChI=1S/C21H28N4O3/c1-13(2)18-10-19(24-21(23-18)22-14(3)12-26)25-8-7-15-9-16(20(27)28-4)5-6-17(15)11-25/h5-6,9-10,13-14,26H,7-8,11-12H2,1-4H3,(H,22,23,24)/t14-/m0/s1. The lowest BCUT2D eigenvalue weighted by Crippen LogP contribution is -2.32. The predicted molar refractivity (Wildman–Crippen MR) is 109 cm³/mol. The molecule has 0 saturated heterocycles. The van der Waals surface area contributed by atoms with E-state index in [4.69, 9.17) is 4.74 Å². The minimum atomic E-state index is -0.309. The first-order chi connectivity index (χ1) is 13.4. The number of nitrogens with one attached hydrogen (secondary N) is 1. The van der Waals surface area contributed by atoms with Crippen molar-refractivity contribution in [3.8, 4) is 0 Å². The van der Waals surface area contributed by atoms with E-state index in [0.29, 0.717) is 11.5 Å². The van der Waals surface area contributed by atoms with Gasteiger partial charge in [-0.05, 0) is 42.5 Å². The van der Waals surface area contributed by atoms with Gasteiger partial charge in [-0.3, -0.25) is 0 Å². The van der Waals surface area contributed by atoms with Crippen LogP contribution in [0.3, 0.4) is 0 Å². The number of methoxy groups -OCH3 is 1. The number of fused-ring (bicyclic) bond motifs is 1. The van der Waals surface area contributed by atoms with Crippen LogP contribution in [-0.4, -0.2) is 47.3 Å². The molecule has 1 atom stereocenters. The van der Waals surface area contributed by atoms with Crippen LogP contribution in [0.25, 0.3) is 0 Å². The van der Waals surface area contributed by atoms with Gasteiger partial charge in [0.2, 0.25) is 5.95 Å². The van der Waals surface area contributed by atoms with E-state index in [1.54, 1.807) is 0 Å². The van der Waals surface area contributed by atoms with E-state index in [2.05, 4.69) is 34.0 Å². The van der Waals surface area contributed by atoms with Crippen molar-refractivity contribution in [1.29, 1.82) is 0 Å². The van der Waals surface area contributed by atoms with Crippen molar-refractivity contribution in [2.75, 3.05) is 30.5 Å². The molecule has 150 valence electrons. The van der Waals surface area contributed by atoms with Crippen LogP contribution in [0.5, 0.6) is 0 Å². The van der Waals surface area contributed by atoms with E-state index in [1.165, 1.54) is 18.2 Å². The maximum Gasteiger partial charge on any atom is 0.337 e. The van der Waals surface area contributed by atoms with Gasteiger partial charge in [-0.2, -0.15) is 4.98 Å². The molecular formula is C21H28N4O3. The molecule has 1 aromatic heterocycles. The molecule has 2 heterocycles. The lowest BCUT2D eigenvalue weighted by Gasteiger charge is -2.30. The van der Waals surface area contributed by atoms with Crippen molar-refractivity contribution in [1.82, 2.24) is 9.97 Å². The number of carbonyl (C=O) groups excluding carboxylic acids is 1. The average molecular weight is 384 g/mol. The van der Waals surface area contributed by atoms with Gasteiger partial charge in [-0.25, -0.2) is 9.78 Å². The molecule has 0 radical (unpaired) electrons. The summed E-state index contributed by atoms with van der Waals surface area (Å²) in [5, 5.41) is 12.5. The van der Waals surface area contributed by atoms with E-state index < -0.39 is 0 Å². The summed E-state index contributed by atoms with van der Waals surface area (Å²) in [5.74, 6) is 1.37. The fourth-order valence-corrected chi connectivity index (χ4v) is 3.23. The van der Waals surface area contributed by atoms with Crippen LogP contribution in [-0.2, 0) is 17.7 Å². The third-order valence-electron chi connectivity index (χ3n) is 4.94. The Morgan fingerprint density at radius 3 is 2.71 bits per heavy atom. The van der Waals surface area contributed by atoms with Gasteiger partial charge < -0.3 is 20.1 Å². The lowest BCUT2D eigenvalue weighted by atomic mass is 9.97. The van der Waals surface area contributed by atoms with Crippen LogP contribution in [0.2, 0.25) is 0 Å². The second-order valence-corrected chi connectivity index (χ2v) is 7.50. The number of esters is 1. The smallest absolute Gasteiger partial charge is 0.337 e. The molecule has 0 fully saturated rings. The van der Waals surface area contributed by atoms with Gasteiger partial charge in [0.15, 0.2) is 0 Å². The summed E-state index contributed by atoms with van der Waals surface area (Å²) < 4.78 is 4.82. The summed E-state index contributed by atoms with van der Waals surface area (Å²) in [7, 11) is 1.40. The molecule has 0 bridgehead atoms. The maximum absolute atomic E-state index is 11.8. The van der Waals surface area contributed by atoms with Crippen LogP contribution in [0.4, 0.5) is 11.8 Å². The summed E-state index contributed by atoms with van der Waals surface area (Å²) in [6, 6.07) is 7.64. The molecule has 2 aromatic rings. The third-order valence-corrected chi connectivity index (χ3v) is 4.94. The average Bonchev–Trinajstić information content (AvgIpc) is 2.71. The first-order valence-corrected chi connectivity index (χ1v) is 9.62. The van der Waals surface area contributed by atoms with Crippen molar-refractivity contribution < 1.29 is 14.6 Å². The van der Waals surface area contributed by atoms with Crippen LogP contribution < -0.4 is 10.2 Å². The van der Waals surface area contributed by atoms with E-state index in [9.17, 15) is 9.90 Å². The number of carbonyl (C=O) groups is 1. The molecular weight excluding hydrogens is 356 g/mol. The Morgan fingerprint density at radius 1 is 1.25 bits per heavy atom. The summed E-state index contributed by atoms with van der Waals surface area (Å²) in [4.78, 5) is 23.3. The van der Waals surface area contributed by atoms with Crippen molar-refractivity contribution in [3.05, 3.63) is 46.6 Å². The van der Waals surface area contributed by atoms with Crippen LogP contribution >= 0.6 is 0 Å². The molecule has 1 aliphatic heterocycles. The molecule has 28 heavy (non-hydrogen) atoms. The van der Waals surface area contributed by atoms with Gasteiger partial charge in [0.25, 0.3) is 0 Å². The summed E-state index contributed by atoms with van der Waals surface area (Å²) in [5.41, 5.74) is 3.90. The zero-order valence-electron chi connectivity index (χ0n) is 16.9. The highest BCUT2D eigenvalue weighted by atomic mass is 16.5. The van der Waals surface area contributed by atoms with Crippen molar-refractivity contribution in [2.45, 2.75) is 45.7 Å². The Kier molecular flexibility index (Phi) is 6.14. The number of aliphatic hydroxyl groups is 1. The first-order valence-electron chi connectivity index (χ1n) is 9.62. The zero-order chi connectivity index (χ0) is 20.3. The molecule has 1 aromatic carbocycles. The number of rotatable bonds is 6. The van der Waals surface area contributed by atoms with Gasteiger partial charge in [0.05, 0.1) is 25.0 Å². The Hall–Kier alpha value is -2.67. The number of aromatic nitrogens is 2. The molecule has 0 unspecified atom stereocenters. The van der Waals surface area contributed by atoms with Crippen LogP contribution in [0.15, 0.2) is 24.3 Å². The van der Waals surface area contributed by atoms with Gasteiger partial charge in [-0.1, -0.05) is 19.9 Å². The molecule has 2 N–H and O–H groups in total. The van der Waals surface area contributed by atoms with Gasteiger partial charge >= 0.3 is 5.97 Å². The zero-order valence-corrected chi connectivity index (χ0v) is 16.9. The second kappa shape index (κ2) is 8.56. The number of nitrogens with zero attached hydrogens (tertiary/aromatic N) is 3. The minimum absolute atomic E-state index is 0.0181. The molecule has 7 heteroatoms. The molecule has 0 aliphatic carbocycles. The number of benzene rings is 1. The molecule has 1 aliphatic rings. The SMILES string of the molecule is COC(=O)c1ccc2c(c1)CCN(c1cc(C(C)C)nc(N[C@@H](C)CO)n1)C2. The largest absolute Gasteiger partial charge is 0.465 e. The number of ether oxygens (including phenoxy) is 1. The number of anilines is 2. The molecule has 3 rings (SSSR count). The van der Waals surface area contributed by atoms with E-state index in [-0.39, 0.29) is 24.5 Å². The van der Waals surface area contributed by atoms with Crippen molar-refractivity contribution in [2.24, 2.45) is 0 Å². The van der Waals surface area contributed by atoms with Crippen LogP contribution in [0, 0.1) is 0 Å². The number of aliphatic hydroxyl groups excluding tert-OH is 1. The normalized spacial score (nSPS) is 14.6. The fraction of sp³-hybridized carbons (Fsp3) is 0.476. The van der Waals surface area contributed by atoms with Gasteiger partial charge in [0, 0.05) is 25.2 Å². The first kappa shape index (κ1) is 20.1. The number of hydrogen-bond acceptors (Lipinski definition) is 7. The summed E-state index contributed by atoms with van der Waals surface area (Å²) in [6.07, 6.45) is 0.830. The maximum atomic E-state index is 11.8. The number of hydrogen-bond donors (Lipinski definition) is 2. The Labute approximate surface area is 165 Å². The second-order valence-electron chi connectivity index (χ2n) is 7.50. The molecule has 0 saturated carbocycles. The fourth-order valence-electron chi connectivity index (χ4n) is 3.23. The molecule has 0 spiro atoms. The van der Waals surface area contributed by atoms with E-state index >= 15 is 0 Å². The summed E-state index contributed by atoms with van der Waals surface area (Å²) >= 11 is 0.